The van der Waals surface area contributed by atoms with Crippen molar-refractivity contribution in [1.29, 1.82) is 5.26 Å². The van der Waals surface area contributed by atoms with Crippen LogP contribution in [0.15, 0.2) is 46.9 Å². The average Bonchev–Trinajstić information content (AvgIpc) is 2.86. The van der Waals surface area contributed by atoms with E-state index in [1.165, 1.54) is 0 Å². The van der Waals surface area contributed by atoms with Crippen LogP contribution in [-0.4, -0.2) is 35.8 Å². The van der Waals surface area contributed by atoms with Crippen LogP contribution in [0.5, 0.6) is 0 Å². The molecule has 0 saturated heterocycles. The summed E-state index contributed by atoms with van der Waals surface area (Å²) in [5, 5.41) is 16.4. The lowest BCUT2D eigenvalue weighted by Gasteiger charge is -2.48. The number of hydrogen-bond acceptors (Lipinski definition) is 6. The number of allylic oxidation sites excluding steroid dienone is 1. The van der Waals surface area contributed by atoms with E-state index in [1.54, 1.807) is 36.2 Å². The lowest BCUT2D eigenvalue weighted by Crippen LogP contribution is -2.54. The van der Waals surface area contributed by atoms with Gasteiger partial charge in [-0.2, -0.15) is 5.26 Å². The Morgan fingerprint density at radius 2 is 1.89 bits per heavy atom. The number of benzene rings is 1. The predicted molar refractivity (Wildman–Crippen MR) is 104 cm³/mol. The molecule has 3 aliphatic rings. The van der Waals surface area contributed by atoms with Crippen molar-refractivity contribution in [3.05, 3.63) is 52.5 Å². The Labute approximate surface area is 164 Å². The van der Waals surface area contributed by atoms with E-state index in [0.717, 1.165) is 0 Å². The molecule has 0 bridgehead atoms. The van der Waals surface area contributed by atoms with E-state index in [4.69, 9.17) is 5.73 Å². The third-order valence-corrected chi connectivity index (χ3v) is 5.77. The molecule has 3 N–H and O–H groups in total. The molecular formula is C21H23N5O2. The van der Waals surface area contributed by atoms with E-state index in [1.807, 2.05) is 26.0 Å². The Kier molecular flexibility index (Phi) is 3.71. The third-order valence-electron chi connectivity index (χ3n) is 5.77. The molecule has 0 aromatic heterocycles. The van der Waals surface area contributed by atoms with Gasteiger partial charge in [0.2, 0.25) is 5.91 Å². The fraction of sp³-hybridized carbons (Fsp3) is 0.381. The molecule has 4 rings (SSSR count). The number of rotatable bonds is 1. The van der Waals surface area contributed by atoms with E-state index in [-0.39, 0.29) is 22.6 Å². The van der Waals surface area contributed by atoms with Gasteiger partial charge in [-0.15, -0.1) is 0 Å². The van der Waals surface area contributed by atoms with Crippen molar-refractivity contribution in [3.8, 4) is 6.07 Å². The Morgan fingerprint density at radius 3 is 2.54 bits per heavy atom. The molecule has 1 spiro atoms. The highest BCUT2D eigenvalue weighted by Crippen LogP contribution is 2.56. The molecule has 1 aliphatic carbocycles. The molecule has 1 aromatic rings. The quantitative estimate of drug-likeness (QED) is 0.776. The Morgan fingerprint density at radius 1 is 1.21 bits per heavy atom. The van der Waals surface area contributed by atoms with Crippen LogP contribution in [0.3, 0.4) is 0 Å². The minimum absolute atomic E-state index is 0.0930. The normalized spacial score (nSPS) is 25.8. The van der Waals surface area contributed by atoms with E-state index < -0.39 is 11.3 Å². The van der Waals surface area contributed by atoms with Gasteiger partial charge in [0, 0.05) is 43.0 Å². The van der Waals surface area contributed by atoms with Crippen molar-refractivity contribution in [1.82, 2.24) is 10.0 Å². The molecule has 7 nitrogen and oxygen atoms in total. The summed E-state index contributed by atoms with van der Waals surface area (Å²) in [7, 11) is 3.61. The van der Waals surface area contributed by atoms with Gasteiger partial charge in [0.05, 0.1) is 5.57 Å². The minimum Gasteiger partial charge on any atom is -0.383 e. The topological polar surface area (TPSA) is 102 Å². The summed E-state index contributed by atoms with van der Waals surface area (Å²) in [6.45, 7) is 4.05. The Hall–Kier alpha value is -3.11. The molecule has 2 heterocycles. The first-order valence-corrected chi connectivity index (χ1v) is 9.20. The monoisotopic (exact) mass is 377 g/mol. The molecule has 0 saturated carbocycles. The van der Waals surface area contributed by atoms with Crippen molar-refractivity contribution in [2.45, 2.75) is 32.1 Å². The highest BCUT2D eigenvalue weighted by atomic mass is 16.2. The number of amides is 1. The summed E-state index contributed by atoms with van der Waals surface area (Å²) >= 11 is 0. The van der Waals surface area contributed by atoms with Crippen LogP contribution < -0.4 is 11.1 Å². The van der Waals surface area contributed by atoms with Crippen LogP contribution >= 0.6 is 0 Å². The summed E-state index contributed by atoms with van der Waals surface area (Å²) in [4.78, 5) is 26.8. The van der Waals surface area contributed by atoms with E-state index in [0.29, 0.717) is 35.4 Å². The summed E-state index contributed by atoms with van der Waals surface area (Å²) in [5.41, 5.74) is 7.07. The maximum Gasteiger partial charge on any atom is 0.245 e. The molecule has 28 heavy (non-hydrogen) atoms. The van der Waals surface area contributed by atoms with Gasteiger partial charge in [-0.1, -0.05) is 32.0 Å². The first-order chi connectivity index (χ1) is 13.1. The molecule has 1 aromatic carbocycles. The van der Waals surface area contributed by atoms with Crippen molar-refractivity contribution in [2.75, 3.05) is 19.4 Å². The van der Waals surface area contributed by atoms with Gasteiger partial charge in [-0.3, -0.25) is 14.6 Å². The molecule has 0 radical (unpaired) electrons. The number of anilines is 1. The standard InChI is InChI=1S/C21H23N5O2/c1-20(2)9-15-17(16(27)10-20)21(13(11-22)18(23)26(15)25(3)4)12-7-5-6-8-14(12)24-19(21)28/h5-8H,9-10,23H2,1-4H3,(H,24,28)/t21-/m0/s1. The highest BCUT2D eigenvalue weighted by Gasteiger charge is 2.61. The zero-order chi connectivity index (χ0) is 20.4. The van der Waals surface area contributed by atoms with Gasteiger partial charge in [-0.05, 0) is 17.9 Å². The largest absolute Gasteiger partial charge is 0.383 e. The van der Waals surface area contributed by atoms with Crippen molar-refractivity contribution < 1.29 is 9.59 Å². The second kappa shape index (κ2) is 5.69. The molecule has 1 amide bonds. The average molecular weight is 377 g/mol. The number of nitrogens with zero attached hydrogens (tertiary/aromatic N) is 3. The number of carbonyl (C=O) groups is 2. The highest BCUT2D eigenvalue weighted by molar-refractivity contribution is 6.19. The number of para-hydroxylation sites is 1. The van der Waals surface area contributed by atoms with Crippen molar-refractivity contribution in [3.63, 3.8) is 0 Å². The van der Waals surface area contributed by atoms with Crippen LogP contribution in [-0.2, 0) is 15.0 Å². The summed E-state index contributed by atoms with van der Waals surface area (Å²) in [5.74, 6) is -0.332. The van der Waals surface area contributed by atoms with Crippen LogP contribution in [0.4, 0.5) is 5.69 Å². The maximum atomic E-state index is 13.4. The number of carbonyl (C=O) groups excluding carboxylic acids is 2. The van der Waals surface area contributed by atoms with E-state index in [9.17, 15) is 14.9 Å². The number of nitriles is 1. The molecular weight excluding hydrogens is 354 g/mol. The fourth-order valence-corrected chi connectivity index (χ4v) is 4.81. The van der Waals surface area contributed by atoms with Gasteiger partial charge in [-0.25, -0.2) is 5.01 Å². The van der Waals surface area contributed by atoms with Gasteiger partial charge < -0.3 is 11.1 Å². The molecule has 0 unspecified atom stereocenters. The molecule has 144 valence electrons. The number of nitrogens with one attached hydrogen (secondary N) is 1. The van der Waals surface area contributed by atoms with E-state index in [2.05, 4.69) is 11.4 Å². The lowest BCUT2D eigenvalue weighted by atomic mass is 9.61. The molecule has 0 fully saturated rings. The van der Waals surface area contributed by atoms with Gasteiger partial charge in [0.15, 0.2) is 5.78 Å². The first-order valence-electron chi connectivity index (χ1n) is 9.20. The number of nitrogens with two attached hydrogens (primary N) is 1. The second-order valence-electron chi connectivity index (χ2n) is 8.54. The second-order valence-corrected chi connectivity index (χ2v) is 8.54. The predicted octanol–water partition coefficient (Wildman–Crippen LogP) is 2.01. The van der Waals surface area contributed by atoms with Crippen LogP contribution in [0.25, 0.3) is 0 Å². The Bertz CT molecular complexity index is 1030. The summed E-state index contributed by atoms with van der Waals surface area (Å²) < 4.78 is 0. The van der Waals surface area contributed by atoms with Crippen LogP contribution in [0.2, 0.25) is 0 Å². The lowest BCUT2D eigenvalue weighted by molar-refractivity contribution is -0.124. The number of Topliss-reactive ketones (excluding diaryl/α,β-unsaturated/α-hetero) is 1. The number of fused-ring (bicyclic) bond motifs is 3. The molecule has 1 atom stereocenters. The van der Waals surface area contributed by atoms with Gasteiger partial charge in [0.1, 0.15) is 17.3 Å². The maximum absolute atomic E-state index is 13.4. The van der Waals surface area contributed by atoms with Crippen molar-refractivity contribution in [2.24, 2.45) is 11.1 Å². The molecule has 2 aliphatic heterocycles. The zero-order valence-electron chi connectivity index (χ0n) is 16.5. The first kappa shape index (κ1) is 18.3. The van der Waals surface area contributed by atoms with Crippen molar-refractivity contribution >= 4 is 17.4 Å². The van der Waals surface area contributed by atoms with E-state index >= 15 is 0 Å². The third kappa shape index (κ3) is 2.12. The number of hydrogen-bond donors (Lipinski definition) is 2. The fourth-order valence-electron chi connectivity index (χ4n) is 4.81. The Balaban J connectivity index is 2.14. The summed E-state index contributed by atoms with van der Waals surface area (Å²) in [6.07, 6.45) is 0.881. The zero-order valence-corrected chi connectivity index (χ0v) is 16.5. The molecule has 7 heteroatoms. The number of hydrazine groups is 1. The minimum atomic E-state index is -1.50. The van der Waals surface area contributed by atoms with Crippen LogP contribution in [0.1, 0.15) is 32.3 Å². The smallest absolute Gasteiger partial charge is 0.245 e. The van der Waals surface area contributed by atoms with Gasteiger partial charge in [0.25, 0.3) is 0 Å². The van der Waals surface area contributed by atoms with Gasteiger partial charge >= 0.3 is 0 Å². The summed E-state index contributed by atoms with van der Waals surface area (Å²) in [6, 6.07) is 9.35. The number of ketones is 1. The van der Waals surface area contributed by atoms with Crippen LogP contribution in [0, 0.1) is 16.7 Å². The SMILES string of the molecule is CN(C)N1C(N)=C(C#N)[C@]2(C(=O)Nc3ccccc32)C2=C1CC(C)(C)CC2=O.